The minimum atomic E-state index is -1.29. The second-order valence-electron chi connectivity index (χ2n) is 5.63. The minimum Gasteiger partial charge on any atom is -0.352 e. The van der Waals surface area contributed by atoms with Crippen LogP contribution in [0.2, 0.25) is 18.1 Å². The number of hydrogen-bond acceptors (Lipinski definition) is 0. The molecule has 0 N–H and O–H groups in total. The Hall–Kier alpha value is -1.02. The lowest BCUT2D eigenvalue weighted by molar-refractivity contribution is 0.982. The van der Waals surface area contributed by atoms with Crippen LogP contribution in [0.25, 0.3) is 10.9 Å². The van der Waals surface area contributed by atoms with Crippen molar-refractivity contribution >= 4 is 24.3 Å². The van der Waals surface area contributed by atoms with Crippen LogP contribution in [0.1, 0.15) is 33.3 Å². The van der Waals surface area contributed by atoms with Gasteiger partial charge in [-0.15, -0.1) is 0 Å². The van der Waals surface area contributed by atoms with E-state index in [4.69, 9.17) is 0 Å². The number of fused-ring (bicyclic) bond motifs is 1. The molecule has 0 unspecified atom stereocenters. The number of rotatable bonds is 5. The summed E-state index contributed by atoms with van der Waals surface area (Å²) in [6.07, 6.45) is 1.12. The Bertz CT molecular complexity index is 556. The van der Waals surface area contributed by atoms with Crippen LogP contribution >= 0.6 is 0 Å². The van der Waals surface area contributed by atoms with Gasteiger partial charge in [0.15, 0.2) is 0 Å². The summed E-state index contributed by atoms with van der Waals surface area (Å²) in [5, 5.41) is 3.13. The highest BCUT2D eigenvalue weighted by atomic mass is 28.3. The topological polar surface area (TPSA) is 4.93 Å². The van der Waals surface area contributed by atoms with Gasteiger partial charge in [0.25, 0.3) is 0 Å². The Labute approximate surface area is 118 Å². The molecule has 0 spiro atoms. The Morgan fingerprint density at radius 1 is 1.00 bits per heavy atom. The first-order valence-corrected chi connectivity index (χ1v) is 10.3. The van der Waals surface area contributed by atoms with Gasteiger partial charge in [0.1, 0.15) is 8.07 Å². The molecule has 0 aliphatic rings. The molecule has 1 heterocycles. The van der Waals surface area contributed by atoms with Gasteiger partial charge in [-0.25, -0.2) is 0 Å². The summed E-state index contributed by atoms with van der Waals surface area (Å²) >= 11 is 0. The predicted molar refractivity (Wildman–Crippen MR) is 89.1 cm³/mol. The first kappa shape index (κ1) is 14.4. The van der Waals surface area contributed by atoms with Crippen LogP contribution in [0.3, 0.4) is 0 Å². The molecule has 0 fully saturated rings. The monoisotopic (exact) mass is 273 g/mol. The molecular weight excluding hydrogens is 246 g/mol. The normalized spacial score (nSPS) is 12.3. The SMILES string of the molecule is CCc1cccc2c1cc([Si](CC)(CC)CC)n2C. The van der Waals surface area contributed by atoms with Crippen LogP contribution in [0, 0.1) is 0 Å². The van der Waals surface area contributed by atoms with E-state index in [0.717, 1.165) is 6.42 Å². The Balaban J connectivity index is 2.71. The highest BCUT2D eigenvalue weighted by molar-refractivity contribution is 6.91. The highest BCUT2D eigenvalue weighted by Gasteiger charge is 2.32. The van der Waals surface area contributed by atoms with E-state index >= 15 is 0 Å². The van der Waals surface area contributed by atoms with Crippen LogP contribution in [0.15, 0.2) is 24.3 Å². The molecule has 1 nitrogen and oxygen atoms in total. The van der Waals surface area contributed by atoms with Crippen molar-refractivity contribution in [1.29, 1.82) is 0 Å². The van der Waals surface area contributed by atoms with Crippen molar-refractivity contribution in [1.82, 2.24) is 4.57 Å². The molecular formula is C17H27NSi. The lowest BCUT2D eigenvalue weighted by Crippen LogP contribution is -2.48. The minimum absolute atomic E-state index is 1.12. The van der Waals surface area contributed by atoms with Gasteiger partial charge in [-0.2, -0.15) is 0 Å². The lowest BCUT2D eigenvalue weighted by atomic mass is 10.1. The van der Waals surface area contributed by atoms with Crippen LogP contribution in [0.5, 0.6) is 0 Å². The summed E-state index contributed by atoms with van der Waals surface area (Å²) in [7, 11) is 0.970. The summed E-state index contributed by atoms with van der Waals surface area (Å²) < 4.78 is 2.48. The van der Waals surface area contributed by atoms with Crippen molar-refractivity contribution in [2.75, 3.05) is 0 Å². The lowest BCUT2D eigenvalue weighted by Gasteiger charge is -2.28. The Morgan fingerprint density at radius 3 is 2.16 bits per heavy atom. The number of aromatic nitrogens is 1. The van der Waals surface area contributed by atoms with Gasteiger partial charge in [-0.1, -0.05) is 58.0 Å². The van der Waals surface area contributed by atoms with E-state index in [0.29, 0.717) is 0 Å². The molecule has 2 rings (SSSR count). The van der Waals surface area contributed by atoms with Crippen molar-refractivity contribution in [2.45, 2.75) is 52.2 Å². The summed E-state index contributed by atoms with van der Waals surface area (Å²) in [4.78, 5) is 0. The fourth-order valence-corrected chi connectivity index (χ4v) is 7.40. The number of benzene rings is 1. The van der Waals surface area contributed by atoms with Crippen LogP contribution < -0.4 is 5.32 Å². The number of nitrogens with zero attached hydrogens (tertiary/aromatic N) is 1. The van der Waals surface area contributed by atoms with Gasteiger partial charge in [-0.3, -0.25) is 0 Å². The molecule has 0 aliphatic heterocycles. The second kappa shape index (κ2) is 5.54. The molecule has 2 aromatic rings. The van der Waals surface area contributed by atoms with Crippen LogP contribution in [-0.4, -0.2) is 12.6 Å². The maximum absolute atomic E-state index is 2.51. The third kappa shape index (κ3) is 2.16. The molecule has 0 saturated carbocycles. The summed E-state index contributed by atoms with van der Waals surface area (Å²) in [5.74, 6) is 0. The van der Waals surface area contributed by atoms with E-state index in [1.165, 1.54) is 34.6 Å². The van der Waals surface area contributed by atoms with E-state index in [2.05, 4.69) is 63.6 Å². The Kier molecular flexibility index (Phi) is 4.19. The van der Waals surface area contributed by atoms with Crippen molar-refractivity contribution in [3.05, 3.63) is 29.8 Å². The first-order chi connectivity index (χ1) is 9.13. The van der Waals surface area contributed by atoms with Crippen molar-refractivity contribution in [3.8, 4) is 0 Å². The van der Waals surface area contributed by atoms with E-state index in [1.54, 1.807) is 5.32 Å². The van der Waals surface area contributed by atoms with Crippen molar-refractivity contribution < 1.29 is 0 Å². The molecule has 2 heteroatoms. The predicted octanol–water partition coefficient (Wildman–Crippen LogP) is 4.46. The Morgan fingerprint density at radius 2 is 1.63 bits per heavy atom. The highest BCUT2D eigenvalue weighted by Crippen LogP contribution is 2.26. The number of aryl methyl sites for hydroxylation is 2. The average Bonchev–Trinajstić information content (AvgIpc) is 2.80. The molecule has 1 aromatic carbocycles. The molecule has 104 valence electrons. The first-order valence-electron chi connectivity index (χ1n) is 7.71. The fraction of sp³-hybridized carbons (Fsp3) is 0.529. The fourth-order valence-electron chi connectivity index (χ4n) is 3.53. The van der Waals surface area contributed by atoms with E-state index in [9.17, 15) is 0 Å². The standard InChI is InChI=1S/C17H27NSi/c1-6-14-11-10-12-16-15(14)13-17(18(16)5)19(7-2,8-3)9-4/h10-13H,6-9H2,1-5H3. The zero-order valence-corrected chi connectivity index (χ0v) is 14.1. The summed E-state index contributed by atoms with van der Waals surface area (Å²) in [6, 6.07) is 13.3. The average molecular weight is 273 g/mol. The van der Waals surface area contributed by atoms with Gasteiger partial charge in [0.05, 0.1) is 0 Å². The summed E-state index contributed by atoms with van der Waals surface area (Å²) in [5.41, 5.74) is 2.91. The molecule has 0 amide bonds. The van der Waals surface area contributed by atoms with Gasteiger partial charge < -0.3 is 4.57 Å². The van der Waals surface area contributed by atoms with Crippen LogP contribution in [-0.2, 0) is 13.5 Å². The largest absolute Gasteiger partial charge is 0.352 e. The maximum atomic E-state index is 2.51. The third-order valence-electron chi connectivity index (χ3n) is 5.13. The molecule has 0 atom stereocenters. The van der Waals surface area contributed by atoms with Gasteiger partial charge >= 0.3 is 0 Å². The molecule has 0 bridgehead atoms. The molecule has 0 saturated heterocycles. The van der Waals surface area contributed by atoms with E-state index in [-0.39, 0.29) is 0 Å². The van der Waals surface area contributed by atoms with Crippen LogP contribution in [0.4, 0.5) is 0 Å². The molecule has 0 aliphatic carbocycles. The smallest absolute Gasteiger partial charge is 0.107 e. The second-order valence-corrected chi connectivity index (χ2v) is 10.8. The van der Waals surface area contributed by atoms with Gasteiger partial charge in [0.2, 0.25) is 0 Å². The van der Waals surface area contributed by atoms with Crippen molar-refractivity contribution in [3.63, 3.8) is 0 Å². The van der Waals surface area contributed by atoms with Gasteiger partial charge in [-0.05, 0) is 24.1 Å². The van der Waals surface area contributed by atoms with E-state index < -0.39 is 8.07 Å². The van der Waals surface area contributed by atoms with E-state index in [1.807, 2.05) is 0 Å². The zero-order valence-electron chi connectivity index (χ0n) is 13.1. The maximum Gasteiger partial charge on any atom is 0.107 e. The summed E-state index contributed by atoms with van der Waals surface area (Å²) in [6.45, 7) is 9.42. The molecule has 1 aromatic heterocycles. The third-order valence-corrected chi connectivity index (χ3v) is 10.8. The molecule has 0 radical (unpaired) electrons. The quantitative estimate of drug-likeness (QED) is 0.709. The zero-order chi connectivity index (χ0) is 14.0. The molecule has 19 heavy (non-hydrogen) atoms. The number of hydrogen-bond donors (Lipinski definition) is 0. The van der Waals surface area contributed by atoms with Gasteiger partial charge in [0, 0.05) is 23.3 Å². The van der Waals surface area contributed by atoms with Crippen molar-refractivity contribution in [2.24, 2.45) is 7.05 Å².